The van der Waals surface area contributed by atoms with Crippen LogP contribution >= 0.6 is 0 Å². The number of nitro benzene ring substituents is 1. The van der Waals surface area contributed by atoms with Crippen molar-refractivity contribution in [2.45, 2.75) is 50.7 Å². The van der Waals surface area contributed by atoms with Gasteiger partial charge in [0.15, 0.2) is 0 Å². The number of carbonyl (C=O) groups is 1. The number of nitro groups is 1. The van der Waals surface area contributed by atoms with Gasteiger partial charge in [0.25, 0.3) is 5.69 Å². The van der Waals surface area contributed by atoms with Crippen LogP contribution in [0.2, 0.25) is 0 Å². The Morgan fingerprint density at radius 3 is 2.52 bits per heavy atom. The fraction of sp³-hybridized carbons (Fsp3) is 0.562. The molecule has 6 nitrogen and oxygen atoms in total. The number of alkyl halides is 3. The van der Waals surface area contributed by atoms with Gasteiger partial charge in [-0.3, -0.25) is 14.9 Å². The van der Waals surface area contributed by atoms with Gasteiger partial charge in [-0.25, -0.2) is 0 Å². The van der Waals surface area contributed by atoms with Crippen LogP contribution in [0.4, 0.5) is 24.5 Å². The number of nitrogens with one attached hydrogen (secondary N) is 2. The Morgan fingerprint density at radius 1 is 1.24 bits per heavy atom. The van der Waals surface area contributed by atoms with E-state index in [2.05, 4.69) is 10.6 Å². The fourth-order valence-corrected chi connectivity index (χ4v) is 2.89. The fourth-order valence-electron chi connectivity index (χ4n) is 2.89. The van der Waals surface area contributed by atoms with Crippen molar-refractivity contribution < 1.29 is 22.9 Å². The summed E-state index contributed by atoms with van der Waals surface area (Å²) in [5, 5.41) is 16.1. The Labute approximate surface area is 142 Å². The monoisotopic (exact) mass is 359 g/mol. The number of carbonyl (C=O) groups excluding carboxylic acids is 1. The van der Waals surface area contributed by atoms with E-state index in [-0.39, 0.29) is 30.6 Å². The molecule has 1 fully saturated rings. The van der Waals surface area contributed by atoms with Gasteiger partial charge in [0.2, 0.25) is 5.91 Å². The lowest BCUT2D eigenvalue weighted by molar-refractivity contribution is -0.385. The zero-order chi connectivity index (χ0) is 18.4. The highest BCUT2D eigenvalue weighted by molar-refractivity contribution is 5.77. The van der Waals surface area contributed by atoms with E-state index in [0.29, 0.717) is 6.07 Å². The molecular formula is C16H20F3N3O3. The van der Waals surface area contributed by atoms with E-state index in [0.717, 1.165) is 44.2 Å². The van der Waals surface area contributed by atoms with Gasteiger partial charge in [-0.2, -0.15) is 13.2 Å². The topological polar surface area (TPSA) is 84.3 Å². The van der Waals surface area contributed by atoms with Crippen molar-refractivity contribution in [1.29, 1.82) is 0 Å². The number of benzene rings is 1. The summed E-state index contributed by atoms with van der Waals surface area (Å²) in [5.74, 6) is -0.213. The first kappa shape index (κ1) is 19.0. The van der Waals surface area contributed by atoms with Crippen molar-refractivity contribution >= 4 is 17.3 Å². The minimum atomic E-state index is -4.72. The van der Waals surface area contributed by atoms with Crippen LogP contribution in [0.15, 0.2) is 18.2 Å². The number of rotatable bonds is 6. The molecule has 1 aliphatic carbocycles. The van der Waals surface area contributed by atoms with Crippen LogP contribution in [0.25, 0.3) is 0 Å². The average Bonchev–Trinajstić information content (AvgIpc) is 2.55. The van der Waals surface area contributed by atoms with Crippen LogP contribution in [-0.2, 0) is 11.0 Å². The number of non-ortho nitro benzene ring substituents is 1. The van der Waals surface area contributed by atoms with Gasteiger partial charge in [-0.1, -0.05) is 19.3 Å². The van der Waals surface area contributed by atoms with Crippen molar-refractivity contribution in [3.05, 3.63) is 33.9 Å². The van der Waals surface area contributed by atoms with E-state index >= 15 is 0 Å². The molecule has 0 saturated heterocycles. The Bertz CT molecular complexity index is 629. The van der Waals surface area contributed by atoms with E-state index < -0.39 is 22.4 Å². The summed E-state index contributed by atoms with van der Waals surface area (Å²) in [6, 6.07) is 2.65. The van der Waals surface area contributed by atoms with Crippen LogP contribution in [0.1, 0.15) is 44.1 Å². The summed E-state index contributed by atoms with van der Waals surface area (Å²) in [5.41, 5.74) is -2.02. The first-order chi connectivity index (χ1) is 11.8. The minimum absolute atomic E-state index is 0.0133. The van der Waals surface area contributed by atoms with Gasteiger partial charge in [-0.05, 0) is 18.9 Å². The summed E-state index contributed by atoms with van der Waals surface area (Å²) in [6.07, 6.45) is 0.471. The molecule has 138 valence electrons. The lowest BCUT2D eigenvalue weighted by atomic mass is 9.95. The second-order valence-corrected chi connectivity index (χ2v) is 6.06. The Morgan fingerprint density at radius 2 is 1.92 bits per heavy atom. The molecule has 0 aliphatic heterocycles. The molecule has 0 atom stereocenters. The lowest BCUT2D eigenvalue weighted by Crippen LogP contribution is -2.36. The first-order valence-corrected chi connectivity index (χ1v) is 8.16. The van der Waals surface area contributed by atoms with Crippen LogP contribution in [0.5, 0.6) is 0 Å². The van der Waals surface area contributed by atoms with E-state index in [1.165, 1.54) is 0 Å². The predicted octanol–water partition coefficient (Wildman–Crippen LogP) is 3.86. The first-order valence-electron chi connectivity index (χ1n) is 8.16. The summed E-state index contributed by atoms with van der Waals surface area (Å²) < 4.78 is 39.1. The van der Waals surface area contributed by atoms with E-state index in [4.69, 9.17) is 0 Å². The number of hydrogen-bond acceptors (Lipinski definition) is 4. The van der Waals surface area contributed by atoms with Crippen LogP contribution in [0.3, 0.4) is 0 Å². The molecule has 1 aromatic carbocycles. The SMILES string of the molecule is O=C(CCNc1ccc([N+](=O)[O-])cc1C(F)(F)F)NC1CCCCC1. The van der Waals surface area contributed by atoms with Gasteiger partial charge in [0, 0.05) is 36.8 Å². The molecule has 0 heterocycles. The zero-order valence-corrected chi connectivity index (χ0v) is 13.6. The Hall–Kier alpha value is -2.32. The third kappa shape index (κ3) is 5.61. The summed E-state index contributed by atoms with van der Waals surface area (Å²) in [7, 11) is 0. The molecule has 1 aromatic rings. The van der Waals surface area contributed by atoms with E-state index in [9.17, 15) is 28.1 Å². The van der Waals surface area contributed by atoms with Crippen molar-refractivity contribution in [2.24, 2.45) is 0 Å². The van der Waals surface area contributed by atoms with Crippen LogP contribution < -0.4 is 10.6 Å². The molecular weight excluding hydrogens is 339 g/mol. The number of hydrogen-bond donors (Lipinski definition) is 2. The number of amides is 1. The van der Waals surface area contributed by atoms with Crippen molar-refractivity contribution in [1.82, 2.24) is 5.32 Å². The minimum Gasteiger partial charge on any atom is -0.384 e. The molecule has 2 N–H and O–H groups in total. The summed E-state index contributed by atoms with van der Waals surface area (Å²) >= 11 is 0. The number of anilines is 1. The molecule has 25 heavy (non-hydrogen) atoms. The molecule has 9 heteroatoms. The van der Waals surface area contributed by atoms with Crippen LogP contribution in [0, 0.1) is 10.1 Å². The molecule has 0 aromatic heterocycles. The zero-order valence-electron chi connectivity index (χ0n) is 13.6. The second kappa shape index (κ2) is 8.17. The lowest BCUT2D eigenvalue weighted by Gasteiger charge is -2.22. The quantitative estimate of drug-likeness (QED) is 0.597. The maximum Gasteiger partial charge on any atom is 0.418 e. The molecule has 0 unspecified atom stereocenters. The highest BCUT2D eigenvalue weighted by Gasteiger charge is 2.35. The molecule has 1 aliphatic rings. The van der Waals surface area contributed by atoms with Gasteiger partial charge < -0.3 is 10.6 Å². The second-order valence-electron chi connectivity index (χ2n) is 6.06. The highest BCUT2D eigenvalue weighted by Crippen LogP contribution is 2.37. The molecule has 1 saturated carbocycles. The molecule has 0 bridgehead atoms. The summed E-state index contributed by atoms with van der Waals surface area (Å²) in [6.45, 7) is 0.0133. The van der Waals surface area contributed by atoms with E-state index in [1.54, 1.807) is 0 Å². The molecule has 0 radical (unpaired) electrons. The molecule has 2 rings (SSSR count). The molecule has 1 amide bonds. The third-order valence-electron chi connectivity index (χ3n) is 4.16. The van der Waals surface area contributed by atoms with Crippen molar-refractivity contribution in [3.8, 4) is 0 Å². The Kier molecular flexibility index (Phi) is 6.22. The highest BCUT2D eigenvalue weighted by atomic mass is 19.4. The number of halogens is 3. The predicted molar refractivity (Wildman–Crippen MR) is 86.2 cm³/mol. The standard InChI is InChI=1S/C16H20F3N3O3/c17-16(18,19)13-10-12(22(24)25)6-7-14(13)20-9-8-15(23)21-11-4-2-1-3-5-11/h6-7,10-11,20H,1-5,8-9H2,(H,21,23). The maximum absolute atomic E-state index is 13.0. The van der Waals surface area contributed by atoms with Crippen molar-refractivity contribution in [2.75, 3.05) is 11.9 Å². The maximum atomic E-state index is 13.0. The summed E-state index contributed by atoms with van der Waals surface area (Å²) in [4.78, 5) is 21.6. The van der Waals surface area contributed by atoms with Gasteiger partial charge in [0.1, 0.15) is 0 Å². The van der Waals surface area contributed by atoms with Gasteiger partial charge >= 0.3 is 6.18 Å². The van der Waals surface area contributed by atoms with Gasteiger partial charge in [-0.15, -0.1) is 0 Å². The number of nitrogens with zero attached hydrogens (tertiary/aromatic N) is 1. The average molecular weight is 359 g/mol. The van der Waals surface area contributed by atoms with Crippen molar-refractivity contribution in [3.63, 3.8) is 0 Å². The smallest absolute Gasteiger partial charge is 0.384 e. The Balaban J connectivity index is 1.93. The normalized spacial score (nSPS) is 15.6. The molecule has 0 spiro atoms. The largest absolute Gasteiger partial charge is 0.418 e. The van der Waals surface area contributed by atoms with Gasteiger partial charge in [0.05, 0.1) is 10.5 Å². The van der Waals surface area contributed by atoms with Crippen LogP contribution in [-0.4, -0.2) is 23.4 Å². The third-order valence-corrected chi connectivity index (χ3v) is 4.16. The van der Waals surface area contributed by atoms with E-state index in [1.807, 2.05) is 0 Å².